The predicted molar refractivity (Wildman–Crippen MR) is 91.1 cm³/mol. The molecule has 1 aliphatic carbocycles. The smallest absolute Gasteiger partial charge is 0.318 e. The van der Waals surface area contributed by atoms with Crippen LogP contribution in [0.1, 0.15) is 36.8 Å². The minimum Gasteiger partial charge on any atom is -0.405 e. The Kier molecular flexibility index (Phi) is 4.65. The molecule has 1 atom stereocenters. The lowest BCUT2D eigenvalue weighted by Gasteiger charge is -2.26. The second kappa shape index (κ2) is 7.23. The Morgan fingerprint density at radius 1 is 1.16 bits per heavy atom. The van der Waals surface area contributed by atoms with Crippen molar-refractivity contribution < 1.29 is 13.9 Å². The van der Waals surface area contributed by atoms with Crippen LogP contribution in [0.5, 0.6) is 0 Å². The SMILES string of the molecule is O=C(N[C@H](c1ccccc1)c1nnc(N2CCOCC2)o1)C1CCC1. The molecule has 0 radical (unpaired) electrons. The Labute approximate surface area is 146 Å². The molecule has 1 N–H and O–H groups in total. The number of aromatic nitrogens is 2. The van der Waals surface area contributed by atoms with Crippen molar-refractivity contribution in [2.24, 2.45) is 5.92 Å². The van der Waals surface area contributed by atoms with E-state index in [0.29, 0.717) is 25.1 Å². The quantitative estimate of drug-likeness (QED) is 0.894. The minimum absolute atomic E-state index is 0.0613. The normalized spacial score (nSPS) is 19.3. The van der Waals surface area contributed by atoms with Crippen LogP contribution in [-0.2, 0) is 9.53 Å². The summed E-state index contributed by atoms with van der Waals surface area (Å²) < 4.78 is 11.3. The van der Waals surface area contributed by atoms with E-state index in [1.807, 2.05) is 35.2 Å². The highest BCUT2D eigenvalue weighted by Gasteiger charge is 2.30. The Morgan fingerprint density at radius 2 is 1.92 bits per heavy atom. The van der Waals surface area contributed by atoms with Crippen molar-refractivity contribution in [3.8, 4) is 0 Å². The van der Waals surface area contributed by atoms with Gasteiger partial charge in [-0.1, -0.05) is 41.9 Å². The van der Waals surface area contributed by atoms with Crippen LogP contribution in [0.15, 0.2) is 34.7 Å². The zero-order valence-corrected chi connectivity index (χ0v) is 14.1. The summed E-state index contributed by atoms with van der Waals surface area (Å²) in [6, 6.07) is 9.82. The number of carbonyl (C=O) groups is 1. The largest absolute Gasteiger partial charge is 0.405 e. The van der Waals surface area contributed by atoms with Crippen molar-refractivity contribution in [2.75, 3.05) is 31.2 Å². The van der Waals surface area contributed by atoms with Gasteiger partial charge in [0.25, 0.3) is 0 Å². The number of morpholine rings is 1. The molecule has 132 valence electrons. The first-order valence-corrected chi connectivity index (χ1v) is 8.82. The summed E-state index contributed by atoms with van der Waals surface area (Å²) in [5, 5.41) is 11.5. The second-order valence-electron chi connectivity index (χ2n) is 6.50. The number of amides is 1. The first kappa shape index (κ1) is 16.1. The molecule has 0 unspecified atom stereocenters. The molecule has 2 fully saturated rings. The van der Waals surface area contributed by atoms with E-state index in [1.165, 1.54) is 0 Å². The van der Waals surface area contributed by atoms with Gasteiger partial charge in [-0.05, 0) is 18.4 Å². The molecule has 1 aliphatic heterocycles. The Balaban J connectivity index is 1.56. The van der Waals surface area contributed by atoms with Crippen molar-refractivity contribution in [2.45, 2.75) is 25.3 Å². The molecule has 1 aromatic heterocycles. The van der Waals surface area contributed by atoms with E-state index in [0.717, 1.165) is 37.9 Å². The van der Waals surface area contributed by atoms with Gasteiger partial charge >= 0.3 is 6.01 Å². The molecule has 1 amide bonds. The zero-order valence-electron chi connectivity index (χ0n) is 14.1. The van der Waals surface area contributed by atoms with Crippen molar-refractivity contribution in [3.05, 3.63) is 41.8 Å². The summed E-state index contributed by atoms with van der Waals surface area (Å²) in [4.78, 5) is 14.5. The Bertz CT molecular complexity index is 708. The fourth-order valence-corrected chi connectivity index (χ4v) is 3.09. The number of benzene rings is 1. The van der Waals surface area contributed by atoms with E-state index in [9.17, 15) is 4.79 Å². The minimum atomic E-state index is -0.420. The highest BCUT2D eigenvalue weighted by molar-refractivity contribution is 5.80. The Morgan fingerprint density at radius 3 is 2.60 bits per heavy atom. The summed E-state index contributed by atoms with van der Waals surface area (Å²) in [5.74, 6) is 0.583. The molecular formula is C18H22N4O3. The van der Waals surface area contributed by atoms with E-state index in [4.69, 9.17) is 9.15 Å². The molecule has 1 saturated heterocycles. The molecule has 2 aliphatic rings. The van der Waals surface area contributed by atoms with Crippen LogP contribution in [0, 0.1) is 5.92 Å². The van der Waals surface area contributed by atoms with Gasteiger partial charge in [0.05, 0.1) is 13.2 Å². The van der Waals surface area contributed by atoms with Gasteiger partial charge in [0, 0.05) is 19.0 Å². The zero-order chi connectivity index (χ0) is 17.1. The third kappa shape index (κ3) is 3.51. The van der Waals surface area contributed by atoms with Crippen molar-refractivity contribution >= 4 is 11.9 Å². The number of hydrogen-bond acceptors (Lipinski definition) is 6. The third-order valence-electron chi connectivity index (χ3n) is 4.85. The molecular weight excluding hydrogens is 320 g/mol. The van der Waals surface area contributed by atoms with Crippen molar-refractivity contribution in [1.29, 1.82) is 0 Å². The van der Waals surface area contributed by atoms with E-state index in [1.54, 1.807) is 0 Å². The number of anilines is 1. The summed E-state index contributed by atoms with van der Waals surface area (Å²) >= 11 is 0. The molecule has 4 rings (SSSR count). The van der Waals surface area contributed by atoms with Gasteiger partial charge < -0.3 is 19.4 Å². The summed E-state index contributed by atoms with van der Waals surface area (Å²) in [6.07, 6.45) is 3.03. The average molecular weight is 342 g/mol. The topological polar surface area (TPSA) is 80.5 Å². The van der Waals surface area contributed by atoms with Crippen molar-refractivity contribution in [3.63, 3.8) is 0 Å². The number of nitrogens with zero attached hydrogens (tertiary/aromatic N) is 3. The van der Waals surface area contributed by atoms with Gasteiger partial charge in [0.1, 0.15) is 6.04 Å². The summed E-state index contributed by atoms with van der Waals surface area (Å²) in [5.41, 5.74) is 0.937. The maximum absolute atomic E-state index is 12.5. The van der Waals surface area contributed by atoms with Gasteiger partial charge in [-0.25, -0.2) is 0 Å². The fraction of sp³-hybridized carbons (Fsp3) is 0.500. The lowest BCUT2D eigenvalue weighted by molar-refractivity contribution is -0.128. The van der Waals surface area contributed by atoms with Crippen LogP contribution in [0.25, 0.3) is 0 Å². The molecule has 0 bridgehead atoms. The van der Waals surface area contributed by atoms with Gasteiger partial charge in [-0.15, -0.1) is 5.10 Å². The molecule has 25 heavy (non-hydrogen) atoms. The van der Waals surface area contributed by atoms with Crippen LogP contribution in [0.2, 0.25) is 0 Å². The van der Waals surface area contributed by atoms with Crippen LogP contribution in [-0.4, -0.2) is 42.4 Å². The molecule has 2 aromatic rings. The number of rotatable bonds is 5. The number of ether oxygens (including phenoxy) is 1. The third-order valence-corrected chi connectivity index (χ3v) is 4.85. The maximum Gasteiger partial charge on any atom is 0.318 e. The highest BCUT2D eigenvalue weighted by atomic mass is 16.5. The van der Waals surface area contributed by atoms with Gasteiger partial charge in [0.2, 0.25) is 11.8 Å². The molecule has 1 saturated carbocycles. The predicted octanol–water partition coefficient (Wildman–Crippen LogP) is 1.91. The van der Waals surface area contributed by atoms with Crippen molar-refractivity contribution in [1.82, 2.24) is 15.5 Å². The first-order chi connectivity index (χ1) is 12.3. The summed E-state index contributed by atoms with van der Waals surface area (Å²) in [6.45, 7) is 2.76. The number of carbonyl (C=O) groups excluding carboxylic acids is 1. The van der Waals surface area contributed by atoms with Crippen LogP contribution >= 0.6 is 0 Å². The summed E-state index contributed by atoms with van der Waals surface area (Å²) in [7, 11) is 0. The van der Waals surface area contributed by atoms with E-state index >= 15 is 0 Å². The van der Waals surface area contributed by atoms with Gasteiger partial charge in [0.15, 0.2) is 0 Å². The number of nitrogens with one attached hydrogen (secondary N) is 1. The van der Waals surface area contributed by atoms with Crippen LogP contribution < -0.4 is 10.2 Å². The molecule has 1 aromatic carbocycles. The highest BCUT2D eigenvalue weighted by Crippen LogP contribution is 2.29. The standard InChI is InChI=1S/C18H22N4O3/c23-16(14-7-4-8-14)19-15(13-5-2-1-3-6-13)17-20-21-18(25-17)22-9-11-24-12-10-22/h1-3,5-6,14-15H,4,7-12H2,(H,19,23)/t15-/m1/s1. The Hall–Kier alpha value is -2.41. The second-order valence-corrected chi connectivity index (χ2v) is 6.50. The lowest BCUT2D eigenvalue weighted by atomic mass is 9.84. The van der Waals surface area contributed by atoms with E-state index < -0.39 is 6.04 Å². The monoisotopic (exact) mass is 342 g/mol. The molecule has 7 nitrogen and oxygen atoms in total. The van der Waals surface area contributed by atoms with Gasteiger partial charge in [-0.3, -0.25) is 4.79 Å². The average Bonchev–Trinajstić information content (AvgIpc) is 3.09. The number of hydrogen-bond donors (Lipinski definition) is 1. The molecule has 0 spiro atoms. The fourth-order valence-electron chi connectivity index (χ4n) is 3.09. The maximum atomic E-state index is 12.5. The van der Waals surface area contributed by atoms with Gasteiger partial charge in [-0.2, -0.15) is 0 Å². The van der Waals surface area contributed by atoms with E-state index in [-0.39, 0.29) is 11.8 Å². The van der Waals surface area contributed by atoms with E-state index in [2.05, 4.69) is 15.5 Å². The van der Waals surface area contributed by atoms with Crippen LogP contribution in [0.3, 0.4) is 0 Å². The lowest BCUT2D eigenvalue weighted by Crippen LogP contribution is -2.37. The molecule has 7 heteroatoms. The molecule has 2 heterocycles. The first-order valence-electron chi connectivity index (χ1n) is 8.82. The van der Waals surface area contributed by atoms with Crippen LogP contribution in [0.4, 0.5) is 6.01 Å².